The molecular formula is C23H26N6O. The SMILES string of the molecule is O=C(NC1CCN(c2cc3c(nn2)CCCC3)CC1)c1cccc(-n2cccn2)c1. The van der Waals surface area contributed by atoms with E-state index in [4.69, 9.17) is 0 Å². The van der Waals surface area contributed by atoms with Gasteiger partial charge in [-0.3, -0.25) is 4.79 Å². The summed E-state index contributed by atoms with van der Waals surface area (Å²) < 4.78 is 1.76. The minimum Gasteiger partial charge on any atom is -0.355 e. The van der Waals surface area contributed by atoms with Gasteiger partial charge in [0.25, 0.3) is 5.91 Å². The highest BCUT2D eigenvalue weighted by Crippen LogP contribution is 2.24. The van der Waals surface area contributed by atoms with Crippen LogP contribution in [0.25, 0.3) is 5.69 Å². The number of hydrogen-bond donors (Lipinski definition) is 1. The average Bonchev–Trinajstić information content (AvgIpc) is 3.34. The molecule has 30 heavy (non-hydrogen) atoms. The number of hydrogen-bond acceptors (Lipinski definition) is 5. The summed E-state index contributed by atoms with van der Waals surface area (Å²) in [6, 6.07) is 11.8. The Balaban J connectivity index is 1.19. The third-order valence-electron chi connectivity index (χ3n) is 6.09. The Morgan fingerprint density at radius 3 is 2.73 bits per heavy atom. The second kappa shape index (κ2) is 8.26. The van der Waals surface area contributed by atoms with Gasteiger partial charge in [-0.25, -0.2) is 4.68 Å². The van der Waals surface area contributed by atoms with Gasteiger partial charge in [-0.2, -0.15) is 10.2 Å². The molecule has 0 radical (unpaired) electrons. The van der Waals surface area contributed by atoms with E-state index in [1.54, 1.807) is 10.9 Å². The van der Waals surface area contributed by atoms with Gasteiger partial charge in [0.2, 0.25) is 0 Å². The Bertz CT molecular complexity index is 1020. The molecule has 1 fully saturated rings. The zero-order chi connectivity index (χ0) is 20.3. The van der Waals surface area contributed by atoms with E-state index in [-0.39, 0.29) is 11.9 Å². The highest BCUT2D eigenvalue weighted by molar-refractivity contribution is 5.94. The second-order valence-corrected chi connectivity index (χ2v) is 8.12. The van der Waals surface area contributed by atoms with Gasteiger partial charge in [-0.15, -0.1) is 5.10 Å². The lowest BCUT2D eigenvalue weighted by atomic mass is 9.96. The van der Waals surface area contributed by atoms with Crippen molar-refractivity contribution in [3.05, 3.63) is 65.6 Å². The number of rotatable bonds is 4. The molecule has 1 amide bonds. The Morgan fingerprint density at radius 1 is 1.03 bits per heavy atom. The molecule has 5 rings (SSSR count). The van der Waals surface area contributed by atoms with E-state index in [9.17, 15) is 4.79 Å². The molecule has 154 valence electrons. The molecule has 1 aliphatic heterocycles. The van der Waals surface area contributed by atoms with Gasteiger partial charge >= 0.3 is 0 Å². The molecule has 0 saturated carbocycles. The number of aryl methyl sites for hydroxylation is 2. The molecule has 7 nitrogen and oxygen atoms in total. The summed E-state index contributed by atoms with van der Waals surface area (Å²) in [4.78, 5) is 15.1. The lowest BCUT2D eigenvalue weighted by Gasteiger charge is -2.33. The van der Waals surface area contributed by atoms with Crippen LogP contribution in [0, 0.1) is 0 Å². The molecule has 7 heteroatoms. The van der Waals surface area contributed by atoms with Crippen LogP contribution in [0.1, 0.15) is 47.3 Å². The second-order valence-electron chi connectivity index (χ2n) is 8.12. The number of piperidine rings is 1. The summed E-state index contributed by atoms with van der Waals surface area (Å²) in [6.07, 6.45) is 10.0. The number of fused-ring (bicyclic) bond motifs is 1. The molecule has 3 heterocycles. The third kappa shape index (κ3) is 3.92. The molecule has 0 atom stereocenters. The van der Waals surface area contributed by atoms with Crippen molar-refractivity contribution in [3.8, 4) is 5.69 Å². The average molecular weight is 403 g/mol. The Hall–Kier alpha value is -3.22. The number of carbonyl (C=O) groups excluding carboxylic acids is 1. The predicted octanol–water partition coefficient (Wildman–Crippen LogP) is 2.94. The van der Waals surface area contributed by atoms with Crippen LogP contribution in [-0.4, -0.2) is 45.0 Å². The topological polar surface area (TPSA) is 75.9 Å². The molecule has 1 aliphatic carbocycles. The number of nitrogens with one attached hydrogen (secondary N) is 1. The van der Waals surface area contributed by atoms with E-state index >= 15 is 0 Å². The van der Waals surface area contributed by atoms with E-state index in [0.29, 0.717) is 5.56 Å². The van der Waals surface area contributed by atoms with Gasteiger partial charge in [0.15, 0.2) is 5.82 Å². The maximum Gasteiger partial charge on any atom is 0.251 e. The third-order valence-corrected chi connectivity index (χ3v) is 6.09. The van der Waals surface area contributed by atoms with E-state index in [2.05, 4.69) is 31.6 Å². The van der Waals surface area contributed by atoms with Crippen molar-refractivity contribution in [3.63, 3.8) is 0 Å². The van der Waals surface area contributed by atoms with Gasteiger partial charge in [-0.05, 0) is 74.4 Å². The van der Waals surface area contributed by atoms with E-state index in [0.717, 1.165) is 50.3 Å². The number of nitrogens with zero attached hydrogens (tertiary/aromatic N) is 5. The Morgan fingerprint density at radius 2 is 1.90 bits per heavy atom. The molecule has 1 N–H and O–H groups in total. The maximum absolute atomic E-state index is 12.8. The molecule has 1 aromatic carbocycles. The van der Waals surface area contributed by atoms with Crippen molar-refractivity contribution in [2.45, 2.75) is 44.6 Å². The van der Waals surface area contributed by atoms with Crippen LogP contribution in [0.5, 0.6) is 0 Å². The van der Waals surface area contributed by atoms with Crippen molar-refractivity contribution in [1.82, 2.24) is 25.3 Å². The number of aromatic nitrogens is 4. The predicted molar refractivity (Wildman–Crippen MR) is 115 cm³/mol. The van der Waals surface area contributed by atoms with Gasteiger partial charge in [0, 0.05) is 37.1 Å². The van der Waals surface area contributed by atoms with Crippen molar-refractivity contribution in [2.24, 2.45) is 0 Å². The highest BCUT2D eigenvalue weighted by atomic mass is 16.1. The molecular weight excluding hydrogens is 376 g/mol. The van der Waals surface area contributed by atoms with Crippen LogP contribution in [0.3, 0.4) is 0 Å². The standard InChI is InChI=1S/C23H26N6O/c30-23(18-6-3-7-20(15-18)29-12-4-11-24-29)25-19-9-13-28(14-10-19)22-16-17-5-1-2-8-21(17)26-27-22/h3-4,6-7,11-12,15-16,19H,1-2,5,8-10,13-14H2,(H,25,30). The Kier molecular flexibility index (Phi) is 5.17. The molecule has 0 spiro atoms. The smallest absolute Gasteiger partial charge is 0.251 e. The van der Waals surface area contributed by atoms with Gasteiger partial charge in [0.05, 0.1) is 11.4 Å². The summed E-state index contributed by atoms with van der Waals surface area (Å²) in [6.45, 7) is 1.76. The highest BCUT2D eigenvalue weighted by Gasteiger charge is 2.23. The van der Waals surface area contributed by atoms with Gasteiger partial charge in [0.1, 0.15) is 0 Å². The quantitative estimate of drug-likeness (QED) is 0.726. The van der Waals surface area contributed by atoms with Gasteiger partial charge in [-0.1, -0.05) is 6.07 Å². The van der Waals surface area contributed by atoms with Crippen LogP contribution >= 0.6 is 0 Å². The molecule has 3 aromatic rings. The Labute approximate surface area is 176 Å². The minimum atomic E-state index is -0.0315. The van der Waals surface area contributed by atoms with Crippen molar-refractivity contribution < 1.29 is 4.79 Å². The zero-order valence-corrected chi connectivity index (χ0v) is 17.0. The van der Waals surface area contributed by atoms with Crippen LogP contribution < -0.4 is 10.2 Å². The summed E-state index contributed by atoms with van der Waals surface area (Å²) in [7, 11) is 0. The largest absolute Gasteiger partial charge is 0.355 e. The normalized spacial score (nSPS) is 16.9. The zero-order valence-electron chi connectivity index (χ0n) is 17.0. The maximum atomic E-state index is 12.8. The van der Waals surface area contributed by atoms with Crippen molar-refractivity contribution in [1.29, 1.82) is 0 Å². The first kappa shape index (κ1) is 18.8. The van der Waals surface area contributed by atoms with E-state index < -0.39 is 0 Å². The number of anilines is 1. The van der Waals surface area contributed by atoms with E-state index in [1.807, 2.05) is 36.5 Å². The molecule has 2 aromatic heterocycles. The van der Waals surface area contributed by atoms with Crippen LogP contribution in [0.4, 0.5) is 5.82 Å². The van der Waals surface area contributed by atoms with Crippen molar-refractivity contribution >= 4 is 11.7 Å². The number of amides is 1. The van der Waals surface area contributed by atoms with Crippen LogP contribution in [0.15, 0.2) is 48.8 Å². The lowest BCUT2D eigenvalue weighted by molar-refractivity contribution is 0.0931. The lowest BCUT2D eigenvalue weighted by Crippen LogP contribution is -2.45. The number of carbonyl (C=O) groups is 1. The molecule has 1 saturated heterocycles. The summed E-state index contributed by atoms with van der Waals surface area (Å²) in [5.41, 5.74) is 4.07. The van der Waals surface area contributed by atoms with Crippen molar-refractivity contribution in [2.75, 3.05) is 18.0 Å². The van der Waals surface area contributed by atoms with Crippen LogP contribution in [-0.2, 0) is 12.8 Å². The molecule has 0 bridgehead atoms. The first-order chi connectivity index (χ1) is 14.8. The van der Waals surface area contributed by atoms with Crippen LogP contribution in [0.2, 0.25) is 0 Å². The van der Waals surface area contributed by atoms with Gasteiger partial charge < -0.3 is 10.2 Å². The minimum absolute atomic E-state index is 0.0315. The summed E-state index contributed by atoms with van der Waals surface area (Å²) in [5, 5.41) is 16.4. The fourth-order valence-electron chi connectivity index (χ4n) is 4.37. The molecule has 2 aliphatic rings. The summed E-state index contributed by atoms with van der Waals surface area (Å²) >= 11 is 0. The first-order valence-electron chi connectivity index (χ1n) is 10.8. The van der Waals surface area contributed by atoms with E-state index in [1.165, 1.54) is 24.1 Å². The number of benzene rings is 1. The molecule has 0 unspecified atom stereocenters. The fraction of sp³-hybridized carbons (Fsp3) is 0.391. The monoisotopic (exact) mass is 402 g/mol. The summed E-state index contributed by atoms with van der Waals surface area (Å²) in [5.74, 6) is 0.948. The first-order valence-corrected chi connectivity index (χ1v) is 10.8. The fourth-order valence-corrected chi connectivity index (χ4v) is 4.37.